The second-order valence-corrected chi connectivity index (χ2v) is 4.21. The lowest BCUT2D eigenvalue weighted by molar-refractivity contribution is 0.476. The fraction of sp³-hybridized carbons (Fsp3) is 0.727. The molecule has 80 valence electrons. The molecule has 0 radical (unpaired) electrons. The zero-order chi connectivity index (χ0) is 10.7. The summed E-state index contributed by atoms with van der Waals surface area (Å²) in [6.45, 7) is 9.09. The normalized spacial score (nSPS) is 11.2. The van der Waals surface area contributed by atoms with Gasteiger partial charge in [0.2, 0.25) is 0 Å². The first-order chi connectivity index (χ1) is 6.56. The maximum absolute atomic E-state index is 11.7. The van der Waals surface area contributed by atoms with Crippen LogP contribution in [0.25, 0.3) is 0 Å². The monoisotopic (exact) mass is 196 g/mol. The zero-order valence-corrected chi connectivity index (χ0v) is 9.55. The Morgan fingerprint density at radius 2 is 2.07 bits per heavy atom. The number of rotatable bonds is 4. The molecule has 0 atom stereocenters. The lowest BCUT2D eigenvalue weighted by Crippen LogP contribution is -2.18. The molecule has 0 aliphatic carbocycles. The second kappa shape index (κ2) is 4.49. The second-order valence-electron chi connectivity index (χ2n) is 4.21. The van der Waals surface area contributed by atoms with Crippen LogP contribution in [0.2, 0.25) is 0 Å². The summed E-state index contributed by atoms with van der Waals surface area (Å²) in [6, 6.07) is 0. The third kappa shape index (κ3) is 2.28. The molecule has 1 heterocycles. The smallest absolute Gasteiger partial charge is 0.269 e. The molecule has 0 aliphatic heterocycles. The summed E-state index contributed by atoms with van der Waals surface area (Å²) in [7, 11) is 0. The third-order valence-corrected chi connectivity index (χ3v) is 2.57. The first kappa shape index (κ1) is 11.1. The number of aromatic nitrogens is 2. The summed E-state index contributed by atoms with van der Waals surface area (Å²) in [5, 5.41) is 3.16. The van der Waals surface area contributed by atoms with Gasteiger partial charge in [-0.25, -0.2) is 0 Å². The van der Waals surface area contributed by atoms with Gasteiger partial charge in [0, 0.05) is 17.8 Å². The largest absolute Gasteiger partial charge is 0.299 e. The predicted molar refractivity (Wildman–Crippen MR) is 58.6 cm³/mol. The SMILES string of the molecule is CCc1[nH]n(CCC(C)C)c(=O)c1C. The van der Waals surface area contributed by atoms with Crippen molar-refractivity contribution >= 4 is 0 Å². The van der Waals surface area contributed by atoms with E-state index in [-0.39, 0.29) is 5.56 Å². The summed E-state index contributed by atoms with van der Waals surface area (Å²) < 4.78 is 1.73. The molecule has 0 aromatic carbocycles. The van der Waals surface area contributed by atoms with E-state index in [0.717, 1.165) is 30.6 Å². The van der Waals surface area contributed by atoms with Crippen molar-refractivity contribution in [2.24, 2.45) is 5.92 Å². The van der Waals surface area contributed by atoms with Gasteiger partial charge < -0.3 is 0 Å². The van der Waals surface area contributed by atoms with Gasteiger partial charge >= 0.3 is 0 Å². The maximum Gasteiger partial charge on any atom is 0.269 e. The van der Waals surface area contributed by atoms with Crippen molar-refractivity contribution in [3.05, 3.63) is 21.6 Å². The van der Waals surface area contributed by atoms with Crippen LogP contribution in [0.3, 0.4) is 0 Å². The van der Waals surface area contributed by atoms with Gasteiger partial charge in [-0.05, 0) is 25.7 Å². The Morgan fingerprint density at radius 1 is 1.43 bits per heavy atom. The van der Waals surface area contributed by atoms with E-state index in [1.54, 1.807) is 4.68 Å². The quantitative estimate of drug-likeness (QED) is 0.786. The molecule has 1 aromatic heterocycles. The lowest BCUT2D eigenvalue weighted by atomic mass is 10.1. The molecule has 3 nitrogen and oxygen atoms in total. The fourth-order valence-electron chi connectivity index (χ4n) is 1.52. The Kier molecular flexibility index (Phi) is 3.55. The highest BCUT2D eigenvalue weighted by Gasteiger charge is 2.07. The molecule has 3 heteroatoms. The van der Waals surface area contributed by atoms with Crippen LogP contribution in [-0.4, -0.2) is 9.78 Å². The Balaban J connectivity index is 2.83. The van der Waals surface area contributed by atoms with Crippen molar-refractivity contribution in [1.29, 1.82) is 0 Å². The number of hydrogen-bond acceptors (Lipinski definition) is 1. The van der Waals surface area contributed by atoms with E-state index in [4.69, 9.17) is 0 Å². The van der Waals surface area contributed by atoms with Crippen LogP contribution in [0.5, 0.6) is 0 Å². The summed E-state index contributed by atoms with van der Waals surface area (Å²) >= 11 is 0. The standard InChI is InChI=1S/C11H20N2O/c1-5-10-9(4)11(14)13(12-10)7-6-8(2)3/h8,12H,5-7H2,1-4H3. The number of aromatic amines is 1. The number of nitrogens with zero attached hydrogens (tertiary/aromatic N) is 1. The molecule has 14 heavy (non-hydrogen) atoms. The molecule has 1 rings (SSSR count). The van der Waals surface area contributed by atoms with Crippen molar-refractivity contribution in [1.82, 2.24) is 9.78 Å². The summed E-state index contributed by atoms with van der Waals surface area (Å²) in [5.74, 6) is 0.635. The van der Waals surface area contributed by atoms with Gasteiger partial charge in [-0.15, -0.1) is 0 Å². The molecule has 0 saturated heterocycles. The number of H-pyrrole nitrogens is 1. The minimum Gasteiger partial charge on any atom is -0.299 e. The van der Waals surface area contributed by atoms with Gasteiger partial charge in [0.15, 0.2) is 0 Å². The van der Waals surface area contributed by atoms with Crippen LogP contribution in [0.1, 0.15) is 38.4 Å². The predicted octanol–water partition coefficient (Wildman–Crippen LogP) is 2.09. The van der Waals surface area contributed by atoms with Gasteiger partial charge in [-0.2, -0.15) is 0 Å². The van der Waals surface area contributed by atoms with Crippen molar-refractivity contribution in [2.45, 2.75) is 47.1 Å². The molecule has 1 aromatic rings. The highest BCUT2D eigenvalue weighted by molar-refractivity contribution is 5.14. The summed E-state index contributed by atoms with van der Waals surface area (Å²) in [5.41, 5.74) is 2.08. The highest BCUT2D eigenvalue weighted by Crippen LogP contribution is 2.03. The van der Waals surface area contributed by atoms with Crippen LogP contribution in [-0.2, 0) is 13.0 Å². The summed E-state index contributed by atoms with van der Waals surface area (Å²) in [4.78, 5) is 11.7. The van der Waals surface area contributed by atoms with Crippen LogP contribution in [0.15, 0.2) is 4.79 Å². The van der Waals surface area contributed by atoms with Crippen molar-refractivity contribution in [3.8, 4) is 0 Å². The first-order valence-electron chi connectivity index (χ1n) is 5.34. The first-order valence-corrected chi connectivity index (χ1v) is 5.34. The third-order valence-electron chi connectivity index (χ3n) is 2.57. The van der Waals surface area contributed by atoms with Crippen molar-refractivity contribution in [2.75, 3.05) is 0 Å². The van der Waals surface area contributed by atoms with E-state index >= 15 is 0 Å². The fourth-order valence-corrected chi connectivity index (χ4v) is 1.52. The number of hydrogen-bond donors (Lipinski definition) is 1. The molecular weight excluding hydrogens is 176 g/mol. The van der Waals surface area contributed by atoms with Gasteiger partial charge in [0.25, 0.3) is 5.56 Å². The Hall–Kier alpha value is -0.990. The Labute approximate surface area is 85.1 Å². The number of aryl methyl sites for hydroxylation is 2. The lowest BCUT2D eigenvalue weighted by Gasteiger charge is -2.04. The van der Waals surface area contributed by atoms with E-state index in [1.807, 2.05) is 6.92 Å². The van der Waals surface area contributed by atoms with Crippen LogP contribution in [0.4, 0.5) is 0 Å². The minimum atomic E-state index is 0.141. The van der Waals surface area contributed by atoms with E-state index in [9.17, 15) is 4.79 Å². The van der Waals surface area contributed by atoms with Gasteiger partial charge in [0.1, 0.15) is 0 Å². The van der Waals surface area contributed by atoms with E-state index in [2.05, 4.69) is 25.9 Å². The molecular formula is C11H20N2O. The van der Waals surface area contributed by atoms with Gasteiger partial charge in [0.05, 0.1) is 0 Å². The molecule has 0 aliphatic rings. The van der Waals surface area contributed by atoms with E-state index in [0.29, 0.717) is 5.92 Å². The van der Waals surface area contributed by atoms with Gasteiger partial charge in [-0.1, -0.05) is 20.8 Å². The van der Waals surface area contributed by atoms with E-state index < -0.39 is 0 Å². The number of nitrogens with one attached hydrogen (secondary N) is 1. The van der Waals surface area contributed by atoms with Crippen LogP contribution in [0, 0.1) is 12.8 Å². The van der Waals surface area contributed by atoms with Crippen molar-refractivity contribution in [3.63, 3.8) is 0 Å². The highest BCUT2D eigenvalue weighted by atomic mass is 16.1. The molecule has 0 saturated carbocycles. The molecule has 0 amide bonds. The average molecular weight is 196 g/mol. The molecule has 0 fully saturated rings. The average Bonchev–Trinajstić information content (AvgIpc) is 2.41. The molecule has 0 spiro atoms. The zero-order valence-electron chi connectivity index (χ0n) is 9.55. The van der Waals surface area contributed by atoms with Gasteiger partial charge in [-0.3, -0.25) is 14.6 Å². The molecule has 1 N–H and O–H groups in total. The molecule has 0 unspecified atom stereocenters. The topological polar surface area (TPSA) is 37.8 Å². The van der Waals surface area contributed by atoms with Crippen LogP contribution < -0.4 is 5.56 Å². The summed E-state index contributed by atoms with van der Waals surface area (Å²) in [6.07, 6.45) is 1.94. The minimum absolute atomic E-state index is 0.141. The Bertz CT molecular complexity index is 347. The Morgan fingerprint density at radius 3 is 2.50 bits per heavy atom. The van der Waals surface area contributed by atoms with E-state index in [1.165, 1.54) is 0 Å². The maximum atomic E-state index is 11.7. The molecule has 0 bridgehead atoms. The van der Waals surface area contributed by atoms with Crippen molar-refractivity contribution < 1.29 is 0 Å². The van der Waals surface area contributed by atoms with Crippen LogP contribution >= 0.6 is 0 Å².